The molecule has 5 heteroatoms. The molecule has 1 saturated heterocycles. The van der Waals surface area contributed by atoms with E-state index in [4.69, 9.17) is 4.74 Å². The Balaban J connectivity index is 1.72. The van der Waals surface area contributed by atoms with E-state index in [1.807, 2.05) is 22.7 Å². The quantitative estimate of drug-likeness (QED) is 0.878. The van der Waals surface area contributed by atoms with Gasteiger partial charge in [0.15, 0.2) is 0 Å². The molecule has 1 fully saturated rings. The fraction of sp³-hybridized carbons (Fsp3) is 0.385. The van der Waals surface area contributed by atoms with E-state index in [9.17, 15) is 4.79 Å². The van der Waals surface area contributed by atoms with Crippen LogP contribution in [0.3, 0.4) is 0 Å². The number of nitrogens with one attached hydrogen (secondary N) is 1. The van der Waals surface area contributed by atoms with Crippen molar-refractivity contribution in [2.75, 3.05) is 11.9 Å². The summed E-state index contributed by atoms with van der Waals surface area (Å²) in [5.74, 6) is -0.0610. The van der Waals surface area contributed by atoms with E-state index >= 15 is 0 Å². The second-order valence-electron chi connectivity index (χ2n) is 4.49. The number of carbonyl (C=O) groups is 1. The molecule has 0 saturated carbocycles. The van der Waals surface area contributed by atoms with Gasteiger partial charge in [-0.2, -0.15) is 0 Å². The van der Waals surface area contributed by atoms with Crippen LogP contribution in [-0.2, 0) is 9.53 Å². The van der Waals surface area contributed by atoms with Gasteiger partial charge in [-0.25, -0.2) is 4.98 Å². The van der Waals surface area contributed by atoms with E-state index in [0.29, 0.717) is 6.61 Å². The highest BCUT2D eigenvalue weighted by Gasteiger charge is 2.21. The molecule has 94 valence electrons. The molecule has 0 spiro atoms. The number of hydrogen-bond acceptors (Lipinski definition) is 3. The summed E-state index contributed by atoms with van der Waals surface area (Å²) in [5, 5.41) is 2.88. The Morgan fingerprint density at radius 2 is 2.39 bits per heavy atom. The molecular formula is C13H15N3O2. The predicted octanol–water partition coefficient (Wildman–Crippen LogP) is 1.84. The fourth-order valence-electron chi connectivity index (χ4n) is 2.16. The average molecular weight is 245 g/mol. The van der Waals surface area contributed by atoms with Crippen molar-refractivity contribution in [3.05, 3.63) is 30.9 Å². The molecule has 1 amide bonds. The number of ether oxygens (including phenoxy) is 1. The molecule has 1 aliphatic heterocycles. The van der Waals surface area contributed by atoms with Crippen LogP contribution in [0.15, 0.2) is 30.9 Å². The molecule has 1 atom stereocenters. The Morgan fingerprint density at radius 1 is 1.44 bits per heavy atom. The number of pyridine rings is 1. The van der Waals surface area contributed by atoms with Crippen LogP contribution in [0.1, 0.15) is 19.3 Å². The number of nitrogens with zero attached hydrogens (tertiary/aromatic N) is 2. The van der Waals surface area contributed by atoms with E-state index in [2.05, 4.69) is 10.3 Å². The van der Waals surface area contributed by atoms with Gasteiger partial charge in [-0.1, -0.05) is 0 Å². The lowest BCUT2D eigenvalue weighted by molar-refractivity contribution is -0.129. The molecule has 1 aliphatic rings. The first-order valence-electron chi connectivity index (χ1n) is 6.17. The first-order valence-corrected chi connectivity index (χ1v) is 6.17. The fourth-order valence-corrected chi connectivity index (χ4v) is 2.16. The maximum absolute atomic E-state index is 12.0. The first-order chi connectivity index (χ1) is 8.83. The Bertz CT molecular complexity index is 558. The molecular weight excluding hydrogens is 230 g/mol. The molecule has 18 heavy (non-hydrogen) atoms. The molecule has 3 heterocycles. The summed E-state index contributed by atoms with van der Waals surface area (Å²) in [6.45, 7) is 0.679. The third kappa shape index (κ3) is 2.22. The van der Waals surface area contributed by atoms with Gasteiger partial charge in [0.25, 0.3) is 5.91 Å². The van der Waals surface area contributed by atoms with Gasteiger partial charge in [0.05, 0.1) is 23.7 Å². The molecule has 0 aromatic carbocycles. The highest BCUT2D eigenvalue weighted by molar-refractivity contribution is 5.94. The van der Waals surface area contributed by atoms with E-state index in [1.165, 1.54) is 0 Å². The van der Waals surface area contributed by atoms with Crippen LogP contribution in [-0.4, -0.2) is 28.0 Å². The van der Waals surface area contributed by atoms with E-state index in [-0.39, 0.29) is 12.0 Å². The van der Waals surface area contributed by atoms with Crippen LogP contribution in [0.25, 0.3) is 5.52 Å². The summed E-state index contributed by atoms with van der Waals surface area (Å²) < 4.78 is 7.33. The maximum Gasteiger partial charge on any atom is 0.253 e. The Labute approximate surface area is 105 Å². The van der Waals surface area contributed by atoms with Crippen molar-refractivity contribution in [2.45, 2.75) is 25.4 Å². The lowest BCUT2D eigenvalue weighted by Crippen LogP contribution is -2.33. The number of aromatic nitrogens is 2. The topological polar surface area (TPSA) is 55.6 Å². The van der Waals surface area contributed by atoms with Crippen molar-refractivity contribution >= 4 is 17.1 Å². The number of hydrogen-bond donors (Lipinski definition) is 1. The Morgan fingerprint density at radius 3 is 3.22 bits per heavy atom. The highest BCUT2D eigenvalue weighted by Crippen LogP contribution is 2.16. The number of fused-ring (bicyclic) bond motifs is 1. The largest absolute Gasteiger partial charge is 0.368 e. The zero-order chi connectivity index (χ0) is 12.4. The van der Waals surface area contributed by atoms with Gasteiger partial charge in [0.2, 0.25) is 0 Å². The Kier molecular flexibility index (Phi) is 2.98. The average Bonchev–Trinajstić information content (AvgIpc) is 2.87. The van der Waals surface area contributed by atoms with Gasteiger partial charge < -0.3 is 14.5 Å². The van der Waals surface area contributed by atoms with Gasteiger partial charge >= 0.3 is 0 Å². The lowest BCUT2D eigenvalue weighted by atomic mass is 10.1. The number of anilines is 1. The van der Waals surface area contributed by atoms with Gasteiger partial charge in [0.1, 0.15) is 6.10 Å². The zero-order valence-corrected chi connectivity index (χ0v) is 10.0. The number of rotatable bonds is 2. The van der Waals surface area contributed by atoms with Crippen LogP contribution in [0.5, 0.6) is 0 Å². The van der Waals surface area contributed by atoms with Crippen LogP contribution >= 0.6 is 0 Å². The van der Waals surface area contributed by atoms with Crippen LogP contribution in [0.2, 0.25) is 0 Å². The second-order valence-corrected chi connectivity index (χ2v) is 4.49. The smallest absolute Gasteiger partial charge is 0.253 e. The minimum Gasteiger partial charge on any atom is -0.368 e. The van der Waals surface area contributed by atoms with Gasteiger partial charge in [-0.05, 0) is 31.4 Å². The van der Waals surface area contributed by atoms with Crippen molar-refractivity contribution in [1.82, 2.24) is 9.38 Å². The molecule has 5 nitrogen and oxygen atoms in total. The lowest BCUT2D eigenvalue weighted by Gasteiger charge is -2.21. The van der Waals surface area contributed by atoms with Crippen LogP contribution in [0, 0.1) is 0 Å². The number of imidazole rings is 1. The van der Waals surface area contributed by atoms with Crippen LogP contribution in [0.4, 0.5) is 5.69 Å². The highest BCUT2D eigenvalue weighted by atomic mass is 16.5. The van der Waals surface area contributed by atoms with Crippen molar-refractivity contribution in [3.8, 4) is 0 Å². The van der Waals surface area contributed by atoms with Crippen molar-refractivity contribution < 1.29 is 9.53 Å². The molecule has 0 radical (unpaired) electrons. The molecule has 1 N–H and O–H groups in total. The molecule has 3 rings (SSSR count). The molecule has 2 aromatic rings. The number of carbonyl (C=O) groups excluding carboxylic acids is 1. The zero-order valence-electron chi connectivity index (χ0n) is 10.0. The van der Waals surface area contributed by atoms with Gasteiger partial charge in [-0.3, -0.25) is 4.79 Å². The third-order valence-corrected chi connectivity index (χ3v) is 3.15. The summed E-state index contributed by atoms with van der Waals surface area (Å²) in [5.41, 5.74) is 1.77. The minimum atomic E-state index is -0.308. The van der Waals surface area contributed by atoms with Crippen molar-refractivity contribution in [2.24, 2.45) is 0 Å². The summed E-state index contributed by atoms with van der Waals surface area (Å²) in [6.07, 6.45) is 7.93. The standard InChI is InChI=1S/C13H15N3O2/c17-13(12-3-1-2-6-18-12)15-10-4-5-11-7-14-9-16(11)8-10/h4-5,7-9,12H,1-3,6H2,(H,15,17). The second kappa shape index (κ2) is 4.78. The third-order valence-electron chi connectivity index (χ3n) is 3.15. The van der Waals surface area contributed by atoms with E-state index in [0.717, 1.165) is 30.5 Å². The molecule has 1 unspecified atom stereocenters. The summed E-state index contributed by atoms with van der Waals surface area (Å²) in [4.78, 5) is 16.0. The van der Waals surface area contributed by atoms with E-state index < -0.39 is 0 Å². The predicted molar refractivity (Wildman–Crippen MR) is 67.4 cm³/mol. The summed E-state index contributed by atoms with van der Waals surface area (Å²) >= 11 is 0. The molecule has 0 bridgehead atoms. The molecule has 2 aromatic heterocycles. The maximum atomic E-state index is 12.0. The van der Waals surface area contributed by atoms with E-state index in [1.54, 1.807) is 12.5 Å². The van der Waals surface area contributed by atoms with Crippen molar-refractivity contribution in [1.29, 1.82) is 0 Å². The van der Waals surface area contributed by atoms with Crippen molar-refractivity contribution in [3.63, 3.8) is 0 Å². The monoisotopic (exact) mass is 245 g/mol. The van der Waals surface area contributed by atoms with Crippen LogP contribution < -0.4 is 5.32 Å². The Hall–Kier alpha value is -1.88. The normalized spacial score (nSPS) is 19.9. The first kappa shape index (κ1) is 11.2. The van der Waals surface area contributed by atoms with Gasteiger partial charge in [-0.15, -0.1) is 0 Å². The SMILES string of the molecule is O=C(Nc1ccc2cncn2c1)C1CCCCO1. The minimum absolute atomic E-state index is 0.0610. The van der Waals surface area contributed by atoms with Gasteiger partial charge in [0, 0.05) is 12.8 Å². The number of amides is 1. The summed E-state index contributed by atoms with van der Waals surface area (Å²) in [7, 11) is 0. The summed E-state index contributed by atoms with van der Waals surface area (Å²) in [6, 6.07) is 3.79. The molecule has 0 aliphatic carbocycles.